The molecule has 33 heavy (non-hydrogen) atoms. The average Bonchev–Trinajstić information content (AvgIpc) is 2.85. The Kier molecular flexibility index (Phi) is 6.64. The van der Waals surface area contributed by atoms with Crippen LogP contribution in [0.3, 0.4) is 0 Å². The highest BCUT2D eigenvalue weighted by Crippen LogP contribution is 2.29. The lowest BCUT2D eigenvalue weighted by atomic mass is 10.0. The van der Waals surface area contributed by atoms with Crippen LogP contribution in [0.5, 0.6) is 11.5 Å². The second-order valence-corrected chi connectivity index (χ2v) is 7.46. The van der Waals surface area contributed by atoms with Gasteiger partial charge < -0.3 is 14.8 Å². The molecular formula is C25H24N4O4. The smallest absolute Gasteiger partial charge is 0.255 e. The van der Waals surface area contributed by atoms with E-state index in [9.17, 15) is 9.59 Å². The first-order valence-electron chi connectivity index (χ1n) is 10.5. The minimum Gasteiger partial charge on any atom is -0.493 e. The first kappa shape index (κ1) is 22.0. The lowest BCUT2D eigenvalue weighted by Crippen LogP contribution is -2.31. The molecule has 2 amide bonds. The van der Waals surface area contributed by atoms with E-state index in [4.69, 9.17) is 9.47 Å². The van der Waals surface area contributed by atoms with Crippen molar-refractivity contribution >= 4 is 23.2 Å². The van der Waals surface area contributed by atoms with Crippen molar-refractivity contribution < 1.29 is 19.1 Å². The maximum Gasteiger partial charge on any atom is 0.255 e. The number of ether oxygens (including phenoxy) is 2. The van der Waals surface area contributed by atoms with Crippen molar-refractivity contribution in [2.45, 2.75) is 19.4 Å². The molecule has 0 unspecified atom stereocenters. The van der Waals surface area contributed by atoms with Crippen molar-refractivity contribution in [3.63, 3.8) is 0 Å². The van der Waals surface area contributed by atoms with Crippen molar-refractivity contribution in [3.8, 4) is 11.5 Å². The van der Waals surface area contributed by atoms with Crippen molar-refractivity contribution in [3.05, 3.63) is 83.7 Å². The molecule has 0 saturated heterocycles. The fourth-order valence-corrected chi connectivity index (χ4v) is 3.57. The molecule has 2 heterocycles. The van der Waals surface area contributed by atoms with Gasteiger partial charge in [0, 0.05) is 42.0 Å². The number of methoxy groups -OCH3 is 2. The number of aromatic nitrogens is 1. The Bertz CT molecular complexity index is 1190. The Morgan fingerprint density at radius 2 is 1.79 bits per heavy atom. The van der Waals surface area contributed by atoms with Crippen LogP contribution in [0.25, 0.3) is 0 Å². The van der Waals surface area contributed by atoms with Crippen LogP contribution < -0.4 is 14.8 Å². The topological polar surface area (TPSA) is 93.1 Å². The maximum atomic E-state index is 12.5. The van der Waals surface area contributed by atoms with Crippen LogP contribution in [-0.2, 0) is 11.3 Å². The summed E-state index contributed by atoms with van der Waals surface area (Å²) < 4.78 is 10.7. The van der Waals surface area contributed by atoms with E-state index in [0.29, 0.717) is 42.1 Å². The second-order valence-electron chi connectivity index (χ2n) is 7.46. The lowest BCUT2D eigenvalue weighted by molar-refractivity contribution is -0.132. The summed E-state index contributed by atoms with van der Waals surface area (Å²) >= 11 is 0. The van der Waals surface area contributed by atoms with Crippen LogP contribution in [0, 0.1) is 0 Å². The first-order valence-corrected chi connectivity index (χ1v) is 10.5. The summed E-state index contributed by atoms with van der Waals surface area (Å²) in [6.45, 7) is 0.300. The van der Waals surface area contributed by atoms with Crippen LogP contribution >= 0.6 is 0 Å². The highest BCUT2D eigenvalue weighted by Gasteiger charge is 2.22. The standard InChI is InChI=1S/C25H24N4O4/c1-32-22-8-6-19(15-23(22)33-2)21-7-9-24(30)29(28-21)16-17-4-3-5-20(14-17)27-25(31)18-10-12-26-13-11-18/h3-6,8,10-15H,7,9,16H2,1-2H3,(H,27,31). The van der Waals surface area contributed by atoms with E-state index in [1.807, 2.05) is 36.4 Å². The minimum atomic E-state index is -0.225. The van der Waals surface area contributed by atoms with Gasteiger partial charge in [0.05, 0.1) is 26.5 Å². The van der Waals surface area contributed by atoms with Crippen LogP contribution in [0.4, 0.5) is 5.69 Å². The fourth-order valence-electron chi connectivity index (χ4n) is 3.57. The number of amides is 2. The molecular weight excluding hydrogens is 420 g/mol. The van der Waals surface area contributed by atoms with Gasteiger partial charge in [-0.1, -0.05) is 12.1 Å². The molecule has 1 N–H and O–H groups in total. The molecule has 0 radical (unpaired) electrons. The number of hydrogen-bond donors (Lipinski definition) is 1. The van der Waals surface area contributed by atoms with E-state index >= 15 is 0 Å². The Morgan fingerprint density at radius 3 is 2.55 bits per heavy atom. The molecule has 0 spiro atoms. The Balaban J connectivity index is 1.51. The molecule has 168 valence electrons. The number of nitrogens with one attached hydrogen (secondary N) is 1. The monoisotopic (exact) mass is 444 g/mol. The fraction of sp³-hybridized carbons (Fsp3) is 0.200. The molecule has 0 bridgehead atoms. The number of anilines is 1. The normalized spacial score (nSPS) is 13.3. The molecule has 0 fully saturated rings. The number of hydrazone groups is 1. The minimum absolute atomic E-state index is 0.0505. The van der Waals surface area contributed by atoms with Crippen LogP contribution in [0.15, 0.2) is 72.1 Å². The van der Waals surface area contributed by atoms with E-state index in [0.717, 1.165) is 16.8 Å². The third-order valence-electron chi connectivity index (χ3n) is 5.28. The predicted molar refractivity (Wildman–Crippen MR) is 124 cm³/mol. The van der Waals surface area contributed by atoms with Gasteiger partial charge in [0.25, 0.3) is 5.91 Å². The van der Waals surface area contributed by atoms with Gasteiger partial charge in [-0.05, 0) is 48.0 Å². The van der Waals surface area contributed by atoms with Crippen LogP contribution in [-0.4, -0.2) is 41.7 Å². The number of hydrogen-bond acceptors (Lipinski definition) is 6. The van der Waals surface area contributed by atoms with Gasteiger partial charge in [0.15, 0.2) is 11.5 Å². The SMILES string of the molecule is COc1ccc(C2=NN(Cc3cccc(NC(=O)c4ccncc4)c3)C(=O)CC2)cc1OC. The third-order valence-corrected chi connectivity index (χ3v) is 5.28. The number of carbonyl (C=O) groups is 2. The largest absolute Gasteiger partial charge is 0.493 e. The first-order chi connectivity index (χ1) is 16.1. The van der Waals surface area contributed by atoms with Gasteiger partial charge in [-0.25, -0.2) is 5.01 Å². The zero-order chi connectivity index (χ0) is 23.2. The highest BCUT2D eigenvalue weighted by atomic mass is 16.5. The Hall–Kier alpha value is -4.20. The van der Waals surface area contributed by atoms with Crippen molar-refractivity contribution in [2.75, 3.05) is 19.5 Å². The highest BCUT2D eigenvalue weighted by molar-refractivity contribution is 6.05. The number of nitrogens with zero attached hydrogens (tertiary/aromatic N) is 3. The summed E-state index contributed by atoms with van der Waals surface area (Å²) in [5.74, 6) is 0.970. The number of carbonyl (C=O) groups excluding carboxylic acids is 2. The molecule has 4 rings (SSSR count). The molecule has 2 aromatic carbocycles. The molecule has 1 aliphatic rings. The molecule has 0 saturated carbocycles. The van der Waals surface area contributed by atoms with Gasteiger partial charge in [-0.2, -0.15) is 5.10 Å². The Morgan fingerprint density at radius 1 is 1.00 bits per heavy atom. The number of pyridine rings is 1. The van der Waals surface area contributed by atoms with Gasteiger partial charge in [-0.3, -0.25) is 14.6 Å². The molecule has 1 aliphatic heterocycles. The zero-order valence-electron chi connectivity index (χ0n) is 18.4. The molecule has 8 heteroatoms. The zero-order valence-corrected chi connectivity index (χ0v) is 18.4. The number of benzene rings is 2. The van der Waals surface area contributed by atoms with Gasteiger partial charge >= 0.3 is 0 Å². The average molecular weight is 444 g/mol. The second kappa shape index (κ2) is 9.95. The van der Waals surface area contributed by atoms with Gasteiger partial charge in [0.1, 0.15) is 0 Å². The van der Waals surface area contributed by atoms with E-state index in [-0.39, 0.29) is 11.8 Å². The molecule has 0 atom stereocenters. The summed E-state index contributed by atoms with van der Waals surface area (Å²) in [5, 5.41) is 8.95. The van der Waals surface area contributed by atoms with E-state index in [1.54, 1.807) is 44.8 Å². The quantitative estimate of drug-likeness (QED) is 0.597. The maximum absolute atomic E-state index is 12.5. The van der Waals surface area contributed by atoms with Crippen LogP contribution in [0.1, 0.15) is 34.3 Å². The molecule has 0 aliphatic carbocycles. The Labute approximate surface area is 191 Å². The summed E-state index contributed by atoms with van der Waals surface area (Å²) in [6.07, 6.45) is 4.06. The van der Waals surface area contributed by atoms with Crippen molar-refractivity contribution in [1.82, 2.24) is 9.99 Å². The van der Waals surface area contributed by atoms with Crippen molar-refractivity contribution in [1.29, 1.82) is 0 Å². The molecule has 3 aromatic rings. The van der Waals surface area contributed by atoms with E-state index in [1.165, 1.54) is 5.01 Å². The summed E-state index contributed by atoms with van der Waals surface area (Å²) in [4.78, 5) is 28.9. The summed E-state index contributed by atoms with van der Waals surface area (Å²) in [6, 6.07) is 16.3. The third kappa shape index (κ3) is 5.17. The van der Waals surface area contributed by atoms with E-state index in [2.05, 4.69) is 15.4 Å². The van der Waals surface area contributed by atoms with Crippen LogP contribution in [0.2, 0.25) is 0 Å². The van der Waals surface area contributed by atoms with Gasteiger partial charge in [0.2, 0.25) is 5.91 Å². The molecule has 1 aromatic heterocycles. The van der Waals surface area contributed by atoms with Gasteiger partial charge in [-0.15, -0.1) is 0 Å². The predicted octanol–water partition coefficient (Wildman–Crippen LogP) is 3.88. The van der Waals surface area contributed by atoms with E-state index < -0.39 is 0 Å². The number of rotatable bonds is 7. The summed E-state index contributed by atoms with van der Waals surface area (Å²) in [7, 11) is 3.17. The molecule has 8 nitrogen and oxygen atoms in total. The van der Waals surface area contributed by atoms with Crippen molar-refractivity contribution in [2.24, 2.45) is 5.10 Å². The lowest BCUT2D eigenvalue weighted by Gasteiger charge is -2.24. The summed E-state index contributed by atoms with van der Waals surface area (Å²) in [5.41, 5.74) is 3.70.